The van der Waals surface area contributed by atoms with E-state index in [0.29, 0.717) is 0 Å². The molecule has 0 spiro atoms. The number of aryl methyl sites for hydroxylation is 2. The van der Waals surface area contributed by atoms with E-state index >= 15 is 0 Å². The van der Waals surface area contributed by atoms with Gasteiger partial charge in [-0.1, -0.05) is 25.1 Å². The fourth-order valence-corrected chi connectivity index (χ4v) is 2.41. The second-order valence-electron chi connectivity index (χ2n) is 5.07. The van der Waals surface area contributed by atoms with Crippen LogP contribution in [0.1, 0.15) is 53.5 Å². The van der Waals surface area contributed by atoms with Crippen LogP contribution in [0.15, 0.2) is 12.1 Å². The number of allylic oxidation sites excluding steroid dienone is 1. The SMILES string of the molecule is [CH]=CCCCCCc1c(C)c(C)cc(C)c1C. The molecule has 0 aliphatic rings. The molecule has 0 aromatic heterocycles. The van der Waals surface area contributed by atoms with Crippen LogP contribution >= 0.6 is 0 Å². The Morgan fingerprint density at radius 3 is 2.06 bits per heavy atom. The summed E-state index contributed by atoms with van der Waals surface area (Å²) < 4.78 is 0. The van der Waals surface area contributed by atoms with Gasteiger partial charge in [0.2, 0.25) is 0 Å². The summed E-state index contributed by atoms with van der Waals surface area (Å²) in [6, 6.07) is 2.30. The molecular formula is C17H25. The maximum atomic E-state index is 5.38. The minimum atomic E-state index is 1.05. The lowest BCUT2D eigenvalue weighted by Gasteiger charge is -2.15. The Morgan fingerprint density at radius 2 is 1.53 bits per heavy atom. The van der Waals surface area contributed by atoms with Crippen LogP contribution in [0.5, 0.6) is 0 Å². The van der Waals surface area contributed by atoms with Gasteiger partial charge in [0.15, 0.2) is 0 Å². The Bertz CT molecular complexity index is 359. The van der Waals surface area contributed by atoms with Gasteiger partial charge in [-0.2, -0.15) is 0 Å². The van der Waals surface area contributed by atoms with Gasteiger partial charge in [0.05, 0.1) is 0 Å². The summed E-state index contributed by atoms with van der Waals surface area (Å²) in [5, 5.41) is 0. The van der Waals surface area contributed by atoms with Crippen molar-refractivity contribution in [3.8, 4) is 0 Å². The predicted octanol–water partition coefficient (Wildman–Crippen LogP) is 5.01. The highest BCUT2D eigenvalue weighted by atomic mass is 14.1. The van der Waals surface area contributed by atoms with Gasteiger partial charge in [0.1, 0.15) is 0 Å². The summed E-state index contributed by atoms with van der Waals surface area (Å²) in [4.78, 5) is 0. The molecule has 93 valence electrons. The van der Waals surface area contributed by atoms with Crippen LogP contribution in [0.4, 0.5) is 0 Å². The molecule has 17 heavy (non-hydrogen) atoms. The second-order valence-corrected chi connectivity index (χ2v) is 5.07. The predicted molar refractivity (Wildman–Crippen MR) is 76.4 cm³/mol. The Kier molecular flexibility index (Phi) is 5.47. The van der Waals surface area contributed by atoms with E-state index in [1.54, 1.807) is 11.6 Å². The standard InChI is InChI=1S/C17H25/c1-6-7-8-9-10-11-17-15(4)13(2)12-14(3)16(17)5/h1,6,12H,7-11H2,2-5H3. The van der Waals surface area contributed by atoms with Gasteiger partial charge in [-0.3, -0.25) is 0 Å². The van der Waals surface area contributed by atoms with E-state index in [0.717, 1.165) is 6.42 Å². The maximum Gasteiger partial charge on any atom is -0.0273 e. The van der Waals surface area contributed by atoms with Crippen molar-refractivity contribution in [1.82, 2.24) is 0 Å². The third kappa shape index (κ3) is 3.73. The lowest BCUT2D eigenvalue weighted by molar-refractivity contribution is 0.683. The molecule has 1 rings (SSSR count). The number of unbranched alkanes of at least 4 members (excludes halogenated alkanes) is 3. The number of hydrogen-bond donors (Lipinski definition) is 0. The molecule has 0 nitrogen and oxygen atoms in total. The first-order valence-electron chi connectivity index (χ1n) is 6.67. The normalized spacial score (nSPS) is 10.6. The van der Waals surface area contributed by atoms with Crippen LogP contribution in [0.3, 0.4) is 0 Å². The smallest absolute Gasteiger partial charge is 0.0273 e. The molecule has 1 radical (unpaired) electrons. The Morgan fingerprint density at radius 1 is 0.941 bits per heavy atom. The Labute approximate surface area is 107 Å². The van der Waals surface area contributed by atoms with Crippen molar-refractivity contribution in [2.45, 2.75) is 59.8 Å². The fourth-order valence-electron chi connectivity index (χ4n) is 2.41. The van der Waals surface area contributed by atoms with Gasteiger partial charge in [0.25, 0.3) is 0 Å². The molecule has 1 aromatic carbocycles. The van der Waals surface area contributed by atoms with E-state index in [1.165, 1.54) is 47.9 Å². The van der Waals surface area contributed by atoms with Crippen molar-refractivity contribution in [2.75, 3.05) is 0 Å². The number of rotatable bonds is 6. The molecule has 0 saturated heterocycles. The first-order valence-corrected chi connectivity index (χ1v) is 6.67. The van der Waals surface area contributed by atoms with Crippen LogP contribution in [0.2, 0.25) is 0 Å². The highest BCUT2D eigenvalue weighted by Gasteiger charge is 2.07. The molecule has 1 aromatic rings. The van der Waals surface area contributed by atoms with Crippen LogP contribution in [-0.2, 0) is 6.42 Å². The molecule has 0 aliphatic heterocycles. The minimum absolute atomic E-state index is 1.05. The molecule has 0 atom stereocenters. The second kappa shape index (κ2) is 6.64. The number of benzene rings is 1. The monoisotopic (exact) mass is 229 g/mol. The van der Waals surface area contributed by atoms with Crippen LogP contribution in [0, 0.1) is 34.3 Å². The lowest BCUT2D eigenvalue weighted by atomic mass is 9.91. The quantitative estimate of drug-likeness (QED) is 0.601. The molecule has 0 N–H and O–H groups in total. The summed E-state index contributed by atoms with van der Waals surface area (Å²) >= 11 is 0. The highest BCUT2D eigenvalue weighted by Crippen LogP contribution is 2.23. The van der Waals surface area contributed by atoms with Crippen molar-refractivity contribution < 1.29 is 0 Å². The molecule has 0 unspecified atom stereocenters. The summed E-state index contributed by atoms with van der Waals surface area (Å²) in [7, 11) is 0. The van der Waals surface area contributed by atoms with Crippen LogP contribution in [-0.4, -0.2) is 0 Å². The fraction of sp³-hybridized carbons (Fsp3) is 0.529. The lowest BCUT2D eigenvalue weighted by Crippen LogP contribution is -1.99. The van der Waals surface area contributed by atoms with E-state index in [2.05, 4.69) is 33.8 Å². The van der Waals surface area contributed by atoms with Gasteiger partial charge in [-0.25, -0.2) is 0 Å². The average molecular weight is 229 g/mol. The minimum Gasteiger partial charge on any atom is -0.0845 e. The van der Waals surface area contributed by atoms with Crippen molar-refractivity contribution in [2.24, 2.45) is 0 Å². The zero-order valence-corrected chi connectivity index (χ0v) is 11.8. The van der Waals surface area contributed by atoms with E-state index in [9.17, 15) is 0 Å². The molecule has 0 heterocycles. The molecule has 0 saturated carbocycles. The molecule has 0 heteroatoms. The van der Waals surface area contributed by atoms with Crippen LogP contribution in [0.25, 0.3) is 0 Å². The van der Waals surface area contributed by atoms with Gasteiger partial charge in [-0.15, -0.1) is 0 Å². The Hall–Kier alpha value is -1.04. The summed E-state index contributed by atoms with van der Waals surface area (Å²) in [6.45, 7) is 14.3. The molecule has 0 amide bonds. The van der Waals surface area contributed by atoms with Crippen molar-refractivity contribution in [3.63, 3.8) is 0 Å². The zero-order chi connectivity index (χ0) is 12.8. The van der Waals surface area contributed by atoms with Crippen LogP contribution < -0.4 is 0 Å². The van der Waals surface area contributed by atoms with Gasteiger partial charge < -0.3 is 0 Å². The highest BCUT2D eigenvalue weighted by molar-refractivity contribution is 5.43. The zero-order valence-electron chi connectivity index (χ0n) is 11.8. The van der Waals surface area contributed by atoms with Crippen molar-refractivity contribution in [1.29, 1.82) is 0 Å². The first kappa shape index (κ1) is 14.0. The summed E-state index contributed by atoms with van der Waals surface area (Å²) in [5.74, 6) is 0. The molecule has 0 bridgehead atoms. The van der Waals surface area contributed by atoms with Crippen molar-refractivity contribution >= 4 is 0 Å². The van der Waals surface area contributed by atoms with E-state index in [4.69, 9.17) is 6.58 Å². The van der Waals surface area contributed by atoms with E-state index < -0.39 is 0 Å². The van der Waals surface area contributed by atoms with Gasteiger partial charge in [0, 0.05) is 0 Å². The topological polar surface area (TPSA) is 0 Å². The summed E-state index contributed by atoms with van der Waals surface area (Å²) in [5.41, 5.74) is 7.40. The molecule has 0 aliphatic carbocycles. The Balaban J connectivity index is 2.67. The third-order valence-electron chi connectivity index (χ3n) is 3.82. The number of hydrogen-bond acceptors (Lipinski definition) is 0. The summed E-state index contributed by atoms with van der Waals surface area (Å²) in [6.07, 6.45) is 7.81. The molecular weight excluding hydrogens is 204 g/mol. The largest absolute Gasteiger partial charge is 0.0845 e. The van der Waals surface area contributed by atoms with Crippen molar-refractivity contribution in [3.05, 3.63) is 46.5 Å². The van der Waals surface area contributed by atoms with E-state index in [1.807, 2.05) is 0 Å². The third-order valence-corrected chi connectivity index (χ3v) is 3.82. The average Bonchev–Trinajstić information content (AvgIpc) is 2.30. The maximum absolute atomic E-state index is 5.38. The van der Waals surface area contributed by atoms with Gasteiger partial charge in [-0.05, 0) is 81.2 Å². The first-order chi connectivity index (χ1) is 8.07. The van der Waals surface area contributed by atoms with E-state index in [-0.39, 0.29) is 0 Å². The molecule has 0 fully saturated rings. The van der Waals surface area contributed by atoms with Gasteiger partial charge >= 0.3 is 0 Å².